The number of amidine groups is 1. The Morgan fingerprint density at radius 1 is 1.31 bits per heavy atom. The van der Waals surface area contributed by atoms with Crippen LogP contribution in [0, 0.1) is 5.41 Å². The number of benzene rings is 1. The van der Waals surface area contributed by atoms with Gasteiger partial charge in [0, 0.05) is 17.9 Å². The molecule has 1 aromatic rings. The summed E-state index contributed by atoms with van der Waals surface area (Å²) in [6.45, 7) is 0.750. The van der Waals surface area contributed by atoms with E-state index in [1.807, 2.05) is 11.0 Å². The van der Waals surface area contributed by atoms with Crippen molar-refractivity contribution in [3.05, 3.63) is 24.3 Å². The minimum absolute atomic E-state index is 0.516. The van der Waals surface area contributed by atoms with Gasteiger partial charge in [-0.1, -0.05) is 23.9 Å². The molecule has 1 saturated heterocycles. The fourth-order valence-electron chi connectivity index (χ4n) is 1.82. The Kier molecular flexibility index (Phi) is 3.43. The van der Waals surface area contributed by atoms with Crippen LogP contribution in [0.15, 0.2) is 29.2 Å². The predicted molar refractivity (Wildman–Crippen MR) is 62.6 cm³/mol. The number of nitrogens with zero attached hydrogens (tertiary/aromatic N) is 1. The lowest BCUT2D eigenvalue weighted by Crippen LogP contribution is -2.23. The van der Waals surface area contributed by atoms with Crippen LogP contribution in [0.25, 0.3) is 0 Å². The zero-order chi connectivity index (χ0) is 11.5. The van der Waals surface area contributed by atoms with E-state index in [0.717, 1.165) is 25.1 Å². The number of hydrogen-bond acceptors (Lipinski definition) is 2. The van der Waals surface area contributed by atoms with Crippen LogP contribution in [0.2, 0.25) is 0 Å². The maximum absolute atomic E-state index is 12.4. The smallest absolute Gasteiger partial charge is 0.288 e. The van der Waals surface area contributed by atoms with Crippen molar-refractivity contribution in [1.82, 2.24) is 0 Å². The third kappa shape index (κ3) is 2.35. The third-order valence-corrected chi connectivity index (χ3v) is 3.27. The molecular weight excluding hydrogens is 230 g/mol. The highest BCUT2D eigenvalue weighted by Gasteiger charge is 2.21. The molecule has 5 heteroatoms. The quantitative estimate of drug-likeness (QED) is 0.820. The molecule has 1 aliphatic rings. The Hall–Kier alpha value is -1.10. The summed E-state index contributed by atoms with van der Waals surface area (Å²) < 4.78 is 24.8. The number of rotatable bonds is 3. The van der Waals surface area contributed by atoms with E-state index in [2.05, 4.69) is 0 Å². The van der Waals surface area contributed by atoms with Gasteiger partial charge in [-0.3, -0.25) is 5.41 Å². The second kappa shape index (κ2) is 4.82. The first-order valence-corrected chi connectivity index (χ1v) is 5.95. The molecular formula is C11H12F2N2S. The molecule has 1 N–H and O–H groups in total. The third-order valence-electron chi connectivity index (χ3n) is 2.49. The first-order valence-electron chi connectivity index (χ1n) is 5.07. The summed E-state index contributed by atoms with van der Waals surface area (Å²) in [4.78, 5) is 2.36. The molecule has 86 valence electrons. The van der Waals surface area contributed by atoms with Crippen LogP contribution < -0.4 is 4.90 Å². The summed E-state index contributed by atoms with van der Waals surface area (Å²) in [6, 6.07) is 7.03. The summed E-state index contributed by atoms with van der Waals surface area (Å²) in [5.74, 6) is -1.90. The zero-order valence-corrected chi connectivity index (χ0v) is 9.44. The maximum Gasteiger partial charge on any atom is 0.288 e. The van der Waals surface area contributed by atoms with E-state index in [4.69, 9.17) is 5.41 Å². The second-order valence-corrected chi connectivity index (χ2v) is 4.58. The number of para-hydroxylation sites is 1. The van der Waals surface area contributed by atoms with Gasteiger partial charge in [0.15, 0.2) is 0 Å². The summed E-state index contributed by atoms with van der Waals surface area (Å²) in [5.41, 5.74) is 0.732. The second-order valence-electron chi connectivity index (χ2n) is 3.55. The first kappa shape index (κ1) is 11.4. The molecule has 0 bridgehead atoms. The Bertz CT molecular complexity index is 395. The summed E-state index contributed by atoms with van der Waals surface area (Å²) in [5, 5.41) is 7.75. The number of anilines is 1. The van der Waals surface area contributed by atoms with Gasteiger partial charge in [-0.05, 0) is 18.6 Å². The maximum atomic E-state index is 12.4. The largest absolute Gasteiger partial charge is 0.329 e. The minimum atomic E-state index is -2.42. The normalized spacial score (nSPS) is 16.2. The average Bonchev–Trinajstić information content (AvgIpc) is 2.64. The lowest BCUT2D eigenvalue weighted by atomic mass is 10.3. The van der Waals surface area contributed by atoms with Crippen LogP contribution in [-0.4, -0.2) is 18.1 Å². The van der Waals surface area contributed by atoms with Crippen LogP contribution in [0.4, 0.5) is 14.5 Å². The van der Waals surface area contributed by atoms with Gasteiger partial charge in [-0.25, -0.2) is 0 Å². The van der Waals surface area contributed by atoms with Crippen LogP contribution in [0.3, 0.4) is 0 Å². The van der Waals surface area contributed by atoms with E-state index >= 15 is 0 Å². The van der Waals surface area contributed by atoms with Gasteiger partial charge in [0.2, 0.25) is 0 Å². The summed E-state index contributed by atoms with van der Waals surface area (Å²) >= 11 is 0.542. The highest BCUT2D eigenvalue weighted by atomic mass is 32.2. The molecule has 2 rings (SSSR count). The van der Waals surface area contributed by atoms with Crippen LogP contribution >= 0.6 is 11.8 Å². The van der Waals surface area contributed by atoms with Crippen LogP contribution in [0.1, 0.15) is 12.8 Å². The molecule has 1 heterocycles. The Labute approximate surface area is 97.1 Å². The number of nitrogens with one attached hydrogen (secondary N) is 1. The minimum Gasteiger partial charge on any atom is -0.329 e. The van der Waals surface area contributed by atoms with Crippen molar-refractivity contribution in [1.29, 1.82) is 5.41 Å². The fourth-order valence-corrected chi connectivity index (χ4v) is 2.46. The molecule has 0 unspecified atom stereocenters. The molecule has 0 saturated carbocycles. The van der Waals surface area contributed by atoms with E-state index < -0.39 is 5.76 Å². The molecule has 1 fully saturated rings. The molecule has 0 spiro atoms. The van der Waals surface area contributed by atoms with E-state index in [0.29, 0.717) is 22.5 Å². The number of alkyl halides is 2. The monoisotopic (exact) mass is 242 g/mol. The van der Waals surface area contributed by atoms with Gasteiger partial charge < -0.3 is 4.90 Å². The number of thioether (sulfide) groups is 1. The van der Waals surface area contributed by atoms with Crippen molar-refractivity contribution in [3.8, 4) is 0 Å². The molecule has 0 aromatic heterocycles. The van der Waals surface area contributed by atoms with Crippen molar-refractivity contribution >= 4 is 23.3 Å². The fraction of sp³-hybridized carbons (Fsp3) is 0.364. The van der Waals surface area contributed by atoms with E-state index in [1.54, 1.807) is 18.2 Å². The van der Waals surface area contributed by atoms with Crippen LogP contribution in [-0.2, 0) is 0 Å². The highest BCUT2D eigenvalue weighted by molar-refractivity contribution is 7.99. The molecule has 0 atom stereocenters. The summed E-state index contributed by atoms with van der Waals surface area (Å²) in [7, 11) is 0. The molecule has 1 aliphatic heterocycles. The van der Waals surface area contributed by atoms with Crippen molar-refractivity contribution in [2.24, 2.45) is 0 Å². The van der Waals surface area contributed by atoms with E-state index in [-0.39, 0.29) is 0 Å². The van der Waals surface area contributed by atoms with Crippen molar-refractivity contribution in [3.63, 3.8) is 0 Å². The molecule has 16 heavy (non-hydrogen) atoms. The lowest BCUT2D eigenvalue weighted by molar-refractivity contribution is 0.252. The average molecular weight is 242 g/mol. The standard InChI is InChI=1S/C11H12F2N2S/c12-11(13)16-9-5-2-1-4-8(9)15-7-3-6-10(15)14/h1-2,4-5,11,14H,3,6-7H2. The van der Waals surface area contributed by atoms with Gasteiger partial charge in [-0.2, -0.15) is 8.78 Å². The predicted octanol–water partition coefficient (Wildman–Crippen LogP) is 3.58. The van der Waals surface area contributed by atoms with Gasteiger partial charge in [-0.15, -0.1) is 0 Å². The summed E-state index contributed by atoms with van der Waals surface area (Å²) in [6.07, 6.45) is 1.65. The number of halogens is 2. The molecule has 1 aromatic carbocycles. The Balaban J connectivity index is 2.28. The van der Waals surface area contributed by atoms with Gasteiger partial charge >= 0.3 is 0 Å². The van der Waals surface area contributed by atoms with Gasteiger partial charge in [0.25, 0.3) is 5.76 Å². The van der Waals surface area contributed by atoms with E-state index in [9.17, 15) is 8.78 Å². The SMILES string of the molecule is N=C1CCCN1c1ccccc1SC(F)F. The Morgan fingerprint density at radius 3 is 2.69 bits per heavy atom. The molecule has 2 nitrogen and oxygen atoms in total. The molecule has 0 amide bonds. The number of hydrogen-bond donors (Lipinski definition) is 1. The first-order chi connectivity index (χ1) is 7.68. The lowest BCUT2D eigenvalue weighted by Gasteiger charge is -2.20. The van der Waals surface area contributed by atoms with Crippen LogP contribution in [0.5, 0.6) is 0 Å². The Morgan fingerprint density at radius 2 is 2.06 bits per heavy atom. The topological polar surface area (TPSA) is 27.1 Å². The van der Waals surface area contributed by atoms with Crippen molar-refractivity contribution in [2.45, 2.75) is 23.5 Å². The zero-order valence-electron chi connectivity index (χ0n) is 8.62. The molecule has 0 aliphatic carbocycles. The van der Waals surface area contributed by atoms with E-state index in [1.165, 1.54) is 0 Å². The van der Waals surface area contributed by atoms with Gasteiger partial charge in [0.1, 0.15) is 5.84 Å². The van der Waals surface area contributed by atoms with Gasteiger partial charge in [0.05, 0.1) is 5.69 Å². The highest BCUT2D eigenvalue weighted by Crippen LogP contribution is 2.35. The van der Waals surface area contributed by atoms with Crippen molar-refractivity contribution in [2.75, 3.05) is 11.4 Å². The van der Waals surface area contributed by atoms with Crippen molar-refractivity contribution < 1.29 is 8.78 Å². The molecule has 0 radical (unpaired) electrons.